The minimum absolute atomic E-state index is 0.252. The molecular formula is C12H15BrN4O. The molecule has 0 atom stereocenters. The van der Waals surface area contributed by atoms with Crippen LogP contribution in [0.2, 0.25) is 0 Å². The van der Waals surface area contributed by atoms with Crippen LogP contribution in [0.15, 0.2) is 29.0 Å². The van der Waals surface area contributed by atoms with Crippen LogP contribution in [0.1, 0.15) is 25.7 Å². The van der Waals surface area contributed by atoms with E-state index >= 15 is 0 Å². The molecule has 2 N–H and O–H groups in total. The van der Waals surface area contributed by atoms with Gasteiger partial charge in [-0.3, -0.25) is 0 Å². The minimum Gasteiger partial charge on any atom is -0.482 e. The summed E-state index contributed by atoms with van der Waals surface area (Å²) in [7, 11) is 0. The number of nitrogens with zero attached hydrogens (tertiary/aromatic N) is 3. The number of nitrogen functional groups attached to an aromatic ring is 1. The number of hydrogen-bond donors (Lipinski definition) is 1. The maximum absolute atomic E-state index is 5.86. The van der Waals surface area contributed by atoms with Crippen molar-refractivity contribution in [3.63, 3.8) is 0 Å². The van der Waals surface area contributed by atoms with E-state index in [4.69, 9.17) is 10.5 Å². The number of anilines is 1. The summed E-state index contributed by atoms with van der Waals surface area (Å²) in [5.74, 6) is 1.41. The zero-order valence-corrected chi connectivity index (χ0v) is 11.9. The van der Waals surface area contributed by atoms with Gasteiger partial charge in [0.25, 0.3) is 0 Å². The van der Waals surface area contributed by atoms with Crippen LogP contribution in [0.4, 0.5) is 5.69 Å². The molecule has 0 amide bonds. The van der Waals surface area contributed by atoms with Crippen LogP contribution in [0.25, 0.3) is 0 Å². The third-order valence-electron chi connectivity index (χ3n) is 2.48. The molecule has 0 spiro atoms. The summed E-state index contributed by atoms with van der Waals surface area (Å²) < 4.78 is 8.37. The average Bonchev–Trinajstić information content (AvgIpc) is 2.76. The van der Waals surface area contributed by atoms with Gasteiger partial charge in [-0.1, -0.05) is 6.07 Å². The molecule has 5 nitrogen and oxygen atoms in total. The molecule has 0 aliphatic carbocycles. The maximum Gasteiger partial charge on any atom is 0.165 e. The summed E-state index contributed by atoms with van der Waals surface area (Å²) in [6.07, 6.45) is 1.53. The maximum atomic E-state index is 5.86. The lowest BCUT2D eigenvalue weighted by molar-refractivity contribution is 0.282. The molecule has 96 valence electrons. The predicted molar refractivity (Wildman–Crippen MR) is 73.3 cm³/mol. The number of rotatable bonds is 4. The molecule has 0 aliphatic heterocycles. The van der Waals surface area contributed by atoms with E-state index in [0.29, 0.717) is 18.0 Å². The molecule has 1 aromatic heterocycles. The van der Waals surface area contributed by atoms with Crippen LogP contribution in [0.5, 0.6) is 5.75 Å². The van der Waals surface area contributed by atoms with Crippen LogP contribution in [-0.2, 0) is 6.61 Å². The van der Waals surface area contributed by atoms with Gasteiger partial charge < -0.3 is 10.5 Å². The summed E-state index contributed by atoms with van der Waals surface area (Å²) in [4.78, 5) is 4.18. The van der Waals surface area contributed by atoms with Gasteiger partial charge in [-0.05, 0) is 41.9 Å². The second-order valence-electron chi connectivity index (χ2n) is 4.16. The lowest BCUT2D eigenvalue weighted by Gasteiger charge is -2.12. The van der Waals surface area contributed by atoms with E-state index in [1.54, 1.807) is 6.07 Å². The van der Waals surface area contributed by atoms with E-state index in [-0.39, 0.29) is 6.04 Å². The third-order valence-corrected chi connectivity index (χ3v) is 3.10. The van der Waals surface area contributed by atoms with Crippen LogP contribution >= 0.6 is 15.9 Å². The fourth-order valence-electron chi connectivity index (χ4n) is 1.62. The molecule has 0 bridgehead atoms. The Morgan fingerprint density at radius 3 is 2.89 bits per heavy atom. The van der Waals surface area contributed by atoms with Gasteiger partial charge in [0.05, 0.1) is 10.2 Å². The minimum atomic E-state index is 0.252. The van der Waals surface area contributed by atoms with Gasteiger partial charge in [-0.25, -0.2) is 9.67 Å². The second kappa shape index (κ2) is 5.39. The van der Waals surface area contributed by atoms with Gasteiger partial charge in [-0.2, -0.15) is 5.10 Å². The number of benzene rings is 1. The fraction of sp³-hybridized carbons (Fsp3) is 0.333. The summed E-state index contributed by atoms with van der Waals surface area (Å²) in [6, 6.07) is 5.80. The topological polar surface area (TPSA) is 66.0 Å². The van der Waals surface area contributed by atoms with Crippen molar-refractivity contribution in [3.05, 3.63) is 34.8 Å². The lowest BCUT2D eigenvalue weighted by atomic mass is 10.3. The van der Waals surface area contributed by atoms with Gasteiger partial charge >= 0.3 is 0 Å². The summed E-state index contributed by atoms with van der Waals surface area (Å²) in [6.45, 7) is 4.43. The molecule has 0 radical (unpaired) electrons. The molecule has 18 heavy (non-hydrogen) atoms. The summed E-state index contributed by atoms with van der Waals surface area (Å²) in [5.41, 5.74) is 6.46. The molecule has 2 rings (SSSR count). The Bertz CT molecular complexity index is 518. The molecule has 0 saturated carbocycles. The first-order valence-corrected chi connectivity index (χ1v) is 6.44. The van der Waals surface area contributed by atoms with Crippen molar-refractivity contribution in [1.82, 2.24) is 14.8 Å². The molecule has 0 fully saturated rings. The summed E-state index contributed by atoms with van der Waals surface area (Å²) in [5, 5.41) is 4.16. The van der Waals surface area contributed by atoms with Crippen molar-refractivity contribution < 1.29 is 4.74 Å². The van der Waals surface area contributed by atoms with Crippen molar-refractivity contribution in [1.29, 1.82) is 0 Å². The largest absolute Gasteiger partial charge is 0.482 e. The Balaban J connectivity index is 2.14. The van der Waals surface area contributed by atoms with E-state index in [9.17, 15) is 0 Å². The number of halogens is 1. The highest BCUT2D eigenvalue weighted by molar-refractivity contribution is 9.10. The Hall–Kier alpha value is -1.56. The molecular weight excluding hydrogens is 296 g/mol. The third kappa shape index (κ3) is 2.64. The first-order chi connectivity index (χ1) is 8.59. The highest BCUT2D eigenvalue weighted by atomic mass is 79.9. The second-order valence-corrected chi connectivity index (χ2v) is 5.02. The Morgan fingerprint density at radius 1 is 1.44 bits per heavy atom. The van der Waals surface area contributed by atoms with Gasteiger partial charge in [0.15, 0.2) is 11.6 Å². The van der Waals surface area contributed by atoms with Crippen LogP contribution < -0.4 is 10.5 Å². The summed E-state index contributed by atoms with van der Waals surface area (Å²) >= 11 is 3.41. The van der Waals surface area contributed by atoms with E-state index < -0.39 is 0 Å². The smallest absolute Gasteiger partial charge is 0.165 e. The Labute approximate surface area is 114 Å². The van der Waals surface area contributed by atoms with Crippen molar-refractivity contribution in [3.8, 4) is 5.75 Å². The monoisotopic (exact) mass is 310 g/mol. The number of ether oxygens (including phenoxy) is 1. The number of hydrogen-bond acceptors (Lipinski definition) is 4. The quantitative estimate of drug-likeness (QED) is 0.882. The highest BCUT2D eigenvalue weighted by Crippen LogP contribution is 2.31. The van der Waals surface area contributed by atoms with Gasteiger partial charge in [0.2, 0.25) is 0 Å². The predicted octanol–water partition coefficient (Wildman–Crippen LogP) is 2.78. The lowest BCUT2D eigenvalue weighted by Crippen LogP contribution is -2.11. The van der Waals surface area contributed by atoms with Crippen LogP contribution in [0, 0.1) is 0 Å². The number of para-hydroxylation sites is 1. The zero-order chi connectivity index (χ0) is 13.1. The molecule has 2 aromatic rings. The zero-order valence-electron chi connectivity index (χ0n) is 10.3. The van der Waals surface area contributed by atoms with E-state index in [1.165, 1.54) is 6.33 Å². The van der Waals surface area contributed by atoms with Crippen molar-refractivity contribution in [2.45, 2.75) is 26.5 Å². The normalized spacial score (nSPS) is 10.9. The van der Waals surface area contributed by atoms with Crippen molar-refractivity contribution in [2.75, 3.05) is 5.73 Å². The standard InChI is InChI=1S/C12H15BrN4O/c1-8(2)17-11(15-7-16-17)6-18-12-9(13)4-3-5-10(12)14/h3-5,7-8H,6,14H2,1-2H3. The Morgan fingerprint density at radius 2 is 2.22 bits per heavy atom. The fourth-order valence-corrected chi connectivity index (χ4v) is 2.12. The van der Waals surface area contributed by atoms with Gasteiger partial charge in [-0.15, -0.1) is 0 Å². The SMILES string of the molecule is CC(C)n1ncnc1COc1c(N)cccc1Br. The van der Waals surface area contributed by atoms with Crippen molar-refractivity contribution in [2.24, 2.45) is 0 Å². The molecule has 6 heteroatoms. The number of nitrogens with two attached hydrogens (primary N) is 1. The van der Waals surface area contributed by atoms with Crippen LogP contribution in [-0.4, -0.2) is 14.8 Å². The first-order valence-electron chi connectivity index (χ1n) is 5.64. The first kappa shape index (κ1) is 12.9. The molecule has 0 aliphatic rings. The van der Waals surface area contributed by atoms with Crippen molar-refractivity contribution >= 4 is 21.6 Å². The molecule has 0 unspecified atom stereocenters. The van der Waals surface area contributed by atoms with E-state index in [1.807, 2.05) is 30.7 Å². The molecule has 1 aromatic carbocycles. The van der Waals surface area contributed by atoms with Gasteiger partial charge in [0, 0.05) is 6.04 Å². The number of aromatic nitrogens is 3. The Kier molecular flexibility index (Phi) is 3.86. The molecule has 1 heterocycles. The van der Waals surface area contributed by atoms with Crippen LogP contribution in [0.3, 0.4) is 0 Å². The highest BCUT2D eigenvalue weighted by Gasteiger charge is 2.10. The molecule has 0 saturated heterocycles. The van der Waals surface area contributed by atoms with Gasteiger partial charge in [0.1, 0.15) is 12.9 Å². The van der Waals surface area contributed by atoms with E-state index in [2.05, 4.69) is 26.0 Å². The van der Waals surface area contributed by atoms with E-state index in [0.717, 1.165) is 10.3 Å². The average molecular weight is 311 g/mol.